The molecule has 0 bridgehead atoms. The van der Waals surface area contributed by atoms with Gasteiger partial charge < -0.3 is 9.64 Å². The van der Waals surface area contributed by atoms with Gasteiger partial charge in [-0.1, -0.05) is 12.8 Å². The molecule has 0 radical (unpaired) electrons. The van der Waals surface area contributed by atoms with Crippen LogP contribution in [0.2, 0.25) is 0 Å². The monoisotopic (exact) mass is 340 g/mol. The third-order valence-electron chi connectivity index (χ3n) is 5.18. The molecule has 1 saturated heterocycles. The van der Waals surface area contributed by atoms with E-state index in [1.165, 1.54) is 12.8 Å². The van der Waals surface area contributed by atoms with Crippen molar-refractivity contribution in [2.24, 2.45) is 0 Å². The van der Waals surface area contributed by atoms with Crippen molar-refractivity contribution in [2.75, 3.05) is 13.2 Å². The Morgan fingerprint density at radius 2 is 2.12 bits per heavy atom. The molecular weight excluding hydrogens is 316 g/mol. The van der Waals surface area contributed by atoms with Crippen molar-refractivity contribution in [3.05, 3.63) is 42.5 Å². The van der Waals surface area contributed by atoms with Gasteiger partial charge in [0.25, 0.3) is 5.91 Å². The van der Waals surface area contributed by atoms with Crippen LogP contribution in [0.1, 0.15) is 49.0 Å². The molecule has 132 valence electrons. The van der Waals surface area contributed by atoms with Gasteiger partial charge in [0.2, 0.25) is 0 Å². The summed E-state index contributed by atoms with van der Waals surface area (Å²) in [4.78, 5) is 19.6. The summed E-state index contributed by atoms with van der Waals surface area (Å²) in [6, 6.07) is 5.87. The molecule has 1 atom stereocenters. The highest BCUT2D eigenvalue weighted by Crippen LogP contribution is 2.27. The minimum atomic E-state index is 0.0106. The quantitative estimate of drug-likeness (QED) is 0.840. The van der Waals surface area contributed by atoms with Crippen LogP contribution in [0.4, 0.5) is 0 Å². The summed E-state index contributed by atoms with van der Waals surface area (Å²) in [6.07, 6.45) is 12.1. The molecule has 3 heterocycles. The van der Waals surface area contributed by atoms with E-state index in [2.05, 4.69) is 10.1 Å². The van der Waals surface area contributed by atoms with Crippen molar-refractivity contribution in [2.45, 2.75) is 50.7 Å². The molecule has 6 nitrogen and oxygen atoms in total. The van der Waals surface area contributed by atoms with Crippen LogP contribution in [0.25, 0.3) is 5.69 Å². The Bertz CT molecular complexity index is 704. The standard InChI is InChI=1S/C19H24N4O2/c24-19(18-13-16(8-10-20-18)23-11-4-9-21-23)22(15-5-1-2-6-15)14-17-7-3-12-25-17/h4,8-11,13,15,17H,1-3,5-7,12,14H2/t17-/m1/s1. The Morgan fingerprint density at radius 3 is 2.84 bits per heavy atom. The van der Waals surface area contributed by atoms with E-state index < -0.39 is 0 Å². The molecule has 4 rings (SSSR count). The van der Waals surface area contributed by atoms with Gasteiger partial charge in [-0.2, -0.15) is 5.10 Å². The average molecular weight is 340 g/mol. The minimum Gasteiger partial charge on any atom is -0.376 e. The third-order valence-corrected chi connectivity index (χ3v) is 5.18. The second kappa shape index (κ2) is 7.35. The zero-order valence-electron chi connectivity index (χ0n) is 14.4. The highest BCUT2D eigenvalue weighted by Gasteiger charge is 2.31. The second-order valence-corrected chi connectivity index (χ2v) is 6.88. The number of ether oxygens (including phenoxy) is 1. The highest BCUT2D eigenvalue weighted by atomic mass is 16.5. The number of carbonyl (C=O) groups excluding carboxylic acids is 1. The molecule has 2 fully saturated rings. The van der Waals surface area contributed by atoms with Crippen LogP contribution in [0.15, 0.2) is 36.8 Å². The van der Waals surface area contributed by atoms with Gasteiger partial charge in [0.15, 0.2) is 0 Å². The van der Waals surface area contributed by atoms with Gasteiger partial charge in [-0.05, 0) is 43.9 Å². The van der Waals surface area contributed by atoms with Crippen molar-refractivity contribution >= 4 is 5.91 Å². The molecule has 2 aliphatic rings. The summed E-state index contributed by atoms with van der Waals surface area (Å²) < 4.78 is 7.53. The number of nitrogens with zero attached hydrogens (tertiary/aromatic N) is 4. The van der Waals surface area contributed by atoms with Gasteiger partial charge >= 0.3 is 0 Å². The van der Waals surface area contributed by atoms with Crippen LogP contribution in [-0.2, 0) is 4.74 Å². The number of hydrogen-bond donors (Lipinski definition) is 0. The van der Waals surface area contributed by atoms with Gasteiger partial charge in [0.05, 0.1) is 11.8 Å². The molecule has 0 unspecified atom stereocenters. The van der Waals surface area contributed by atoms with Gasteiger partial charge in [0, 0.05) is 37.8 Å². The molecule has 2 aromatic rings. The van der Waals surface area contributed by atoms with Crippen molar-refractivity contribution in [1.29, 1.82) is 0 Å². The number of amides is 1. The average Bonchev–Trinajstić information content (AvgIpc) is 3.42. The lowest BCUT2D eigenvalue weighted by Gasteiger charge is -2.31. The van der Waals surface area contributed by atoms with E-state index in [1.54, 1.807) is 17.1 Å². The van der Waals surface area contributed by atoms with Crippen molar-refractivity contribution in [3.63, 3.8) is 0 Å². The lowest BCUT2D eigenvalue weighted by Crippen LogP contribution is -2.43. The summed E-state index contributed by atoms with van der Waals surface area (Å²) in [6.45, 7) is 1.49. The van der Waals surface area contributed by atoms with Crippen molar-refractivity contribution < 1.29 is 9.53 Å². The van der Waals surface area contributed by atoms with E-state index in [0.717, 1.165) is 38.0 Å². The summed E-state index contributed by atoms with van der Waals surface area (Å²) in [5.41, 5.74) is 1.34. The first kappa shape index (κ1) is 16.3. The Labute approximate surface area is 147 Å². The minimum absolute atomic E-state index is 0.0106. The first-order valence-corrected chi connectivity index (χ1v) is 9.20. The molecule has 0 aromatic carbocycles. The van der Waals surface area contributed by atoms with Crippen LogP contribution in [0.3, 0.4) is 0 Å². The maximum Gasteiger partial charge on any atom is 0.272 e. The largest absolute Gasteiger partial charge is 0.376 e. The molecule has 1 amide bonds. The van der Waals surface area contributed by atoms with Gasteiger partial charge in [-0.15, -0.1) is 0 Å². The smallest absolute Gasteiger partial charge is 0.272 e. The van der Waals surface area contributed by atoms with Gasteiger partial charge in [-0.3, -0.25) is 9.78 Å². The van der Waals surface area contributed by atoms with Crippen molar-refractivity contribution in [1.82, 2.24) is 19.7 Å². The van der Waals surface area contributed by atoms with Crippen LogP contribution < -0.4 is 0 Å². The fourth-order valence-electron chi connectivity index (χ4n) is 3.87. The van der Waals surface area contributed by atoms with E-state index in [9.17, 15) is 4.79 Å². The zero-order valence-corrected chi connectivity index (χ0v) is 14.4. The molecule has 0 N–H and O–H groups in total. The topological polar surface area (TPSA) is 60.2 Å². The number of rotatable bonds is 5. The predicted octanol–water partition coefficient (Wildman–Crippen LogP) is 2.83. The molecule has 0 spiro atoms. The maximum atomic E-state index is 13.2. The van der Waals surface area contributed by atoms with E-state index in [1.807, 2.05) is 29.3 Å². The number of pyridine rings is 1. The normalized spacial score (nSPS) is 20.9. The highest BCUT2D eigenvalue weighted by molar-refractivity contribution is 5.93. The maximum absolute atomic E-state index is 13.2. The lowest BCUT2D eigenvalue weighted by atomic mass is 10.1. The Kier molecular flexibility index (Phi) is 4.78. The Hall–Kier alpha value is -2.21. The molecule has 2 aromatic heterocycles. The van der Waals surface area contributed by atoms with Crippen LogP contribution in [0, 0.1) is 0 Å². The van der Waals surface area contributed by atoms with Crippen molar-refractivity contribution in [3.8, 4) is 5.69 Å². The summed E-state index contributed by atoms with van der Waals surface area (Å²) >= 11 is 0. The van der Waals surface area contributed by atoms with Crippen LogP contribution in [-0.4, -0.2) is 50.9 Å². The second-order valence-electron chi connectivity index (χ2n) is 6.88. The molecule has 1 saturated carbocycles. The molecule has 25 heavy (non-hydrogen) atoms. The number of hydrogen-bond acceptors (Lipinski definition) is 4. The summed E-state index contributed by atoms with van der Waals surface area (Å²) in [7, 11) is 0. The van der Waals surface area contributed by atoms with Crippen LogP contribution >= 0.6 is 0 Å². The van der Waals surface area contributed by atoms with E-state index in [-0.39, 0.29) is 12.0 Å². The Morgan fingerprint density at radius 1 is 1.24 bits per heavy atom. The first-order valence-electron chi connectivity index (χ1n) is 9.20. The fraction of sp³-hybridized carbons (Fsp3) is 0.526. The molecule has 1 aliphatic heterocycles. The molecule has 1 aliphatic carbocycles. The molecular formula is C19H24N4O2. The molecule has 6 heteroatoms. The third kappa shape index (κ3) is 3.58. The summed E-state index contributed by atoms with van der Waals surface area (Å²) in [5.74, 6) is 0.0106. The Balaban J connectivity index is 1.57. The first-order chi connectivity index (χ1) is 12.3. The van der Waals surface area contributed by atoms with E-state index in [0.29, 0.717) is 18.3 Å². The SMILES string of the molecule is O=C(c1cc(-n2cccn2)ccn1)N(C[C@H]1CCCO1)C1CCCC1. The number of aromatic nitrogens is 3. The van der Waals surface area contributed by atoms with Crippen LogP contribution in [0.5, 0.6) is 0 Å². The number of carbonyl (C=O) groups is 1. The van der Waals surface area contributed by atoms with E-state index >= 15 is 0 Å². The fourth-order valence-corrected chi connectivity index (χ4v) is 3.87. The zero-order chi connectivity index (χ0) is 17.1. The van der Waals surface area contributed by atoms with E-state index in [4.69, 9.17) is 4.74 Å². The summed E-state index contributed by atoms with van der Waals surface area (Å²) in [5, 5.41) is 4.24. The van der Waals surface area contributed by atoms with Gasteiger partial charge in [0.1, 0.15) is 5.69 Å². The predicted molar refractivity (Wildman–Crippen MR) is 93.6 cm³/mol. The van der Waals surface area contributed by atoms with Gasteiger partial charge in [-0.25, -0.2) is 4.68 Å². The lowest BCUT2D eigenvalue weighted by molar-refractivity contribution is 0.0416.